The van der Waals surface area contributed by atoms with Crippen LogP contribution in [0.5, 0.6) is 0 Å². The van der Waals surface area contributed by atoms with Crippen LogP contribution >= 0.6 is 0 Å². The van der Waals surface area contributed by atoms with E-state index in [0.717, 1.165) is 5.56 Å². The fourth-order valence-electron chi connectivity index (χ4n) is 3.62. The van der Waals surface area contributed by atoms with Gasteiger partial charge in [0.25, 0.3) is 0 Å². The van der Waals surface area contributed by atoms with E-state index in [2.05, 4.69) is 0 Å². The Hall–Kier alpha value is -2.70. The van der Waals surface area contributed by atoms with Crippen LogP contribution in [-0.4, -0.2) is 42.3 Å². The molecular formula is C21H21NO5. The van der Waals surface area contributed by atoms with Gasteiger partial charge in [0, 0.05) is 5.92 Å². The molecule has 6 nitrogen and oxygen atoms in total. The molecule has 2 aliphatic rings. The molecule has 0 amide bonds. The van der Waals surface area contributed by atoms with Gasteiger partial charge in [-0.25, -0.2) is 4.79 Å². The lowest BCUT2D eigenvalue weighted by Crippen LogP contribution is -2.37. The number of carbonyl (C=O) groups excluding carboxylic acids is 2. The molecule has 2 saturated heterocycles. The average molecular weight is 367 g/mol. The molecule has 0 N–H and O–H groups in total. The minimum absolute atomic E-state index is 0.0307. The smallest absolute Gasteiger partial charge is 0.338 e. The zero-order chi connectivity index (χ0) is 18.6. The molecular weight excluding hydrogens is 346 g/mol. The molecule has 140 valence electrons. The lowest BCUT2D eigenvalue weighted by molar-refractivity contribution is -0.194. The Morgan fingerprint density at radius 3 is 2.52 bits per heavy atom. The molecule has 4 rings (SSSR count). The van der Waals surface area contributed by atoms with E-state index < -0.39 is 0 Å². The molecule has 0 aromatic heterocycles. The van der Waals surface area contributed by atoms with Crippen LogP contribution in [0.4, 0.5) is 0 Å². The molecule has 2 fully saturated rings. The van der Waals surface area contributed by atoms with Crippen molar-refractivity contribution in [2.75, 3.05) is 13.2 Å². The second kappa shape index (κ2) is 7.90. The van der Waals surface area contributed by atoms with E-state index in [9.17, 15) is 9.59 Å². The quantitative estimate of drug-likeness (QED) is 0.732. The maximum atomic E-state index is 12.3. The van der Waals surface area contributed by atoms with Crippen molar-refractivity contribution in [3.63, 3.8) is 0 Å². The first-order valence-electron chi connectivity index (χ1n) is 9.06. The van der Waals surface area contributed by atoms with Crippen LogP contribution in [0.3, 0.4) is 0 Å². The number of carbonyl (C=O) groups is 2. The summed E-state index contributed by atoms with van der Waals surface area (Å²) < 4.78 is 10.9. The number of benzene rings is 2. The van der Waals surface area contributed by atoms with Crippen LogP contribution in [0.2, 0.25) is 0 Å². The van der Waals surface area contributed by atoms with Gasteiger partial charge in [-0.2, -0.15) is 5.06 Å². The maximum absolute atomic E-state index is 12.3. The monoisotopic (exact) mass is 367 g/mol. The van der Waals surface area contributed by atoms with Gasteiger partial charge in [-0.15, -0.1) is 0 Å². The molecule has 2 aromatic rings. The number of esters is 2. The van der Waals surface area contributed by atoms with Crippen molar-refractivity contribution < 1.29 is 23.9 Å². The highest BCUT2D eigenvalue weighted by molar-refractivity contribution is 5.89. The van der Waals surface area contributed by atoms with Crippen LogP contribution in [0.25, 0.3) is 0 Å². The lowest BCUT2D eigenvalue weighted by Gasteiger charge is -2.25. The summed E-state index contributed by atoms with van der Waals surface area (Å²) in [5.74, 6) is -0.615. The van der Waals surface area contributed by atoms with Gasteiger partial charge in [-0.3, -0.25) is 9.63 Å². The number of hydroxylamine groups is 2. The average Bonchev–Trinajstić information content (AvgIpc) is 3.21. The molecule has 2 aromatic carbocycles. The second-order valence-electron chi connectivity index (χ2n) is 6.79. The maximum Gasteiger partial charge on any atom is 0.338 e. The Balaban J connectivity index is 1.41. The summed E-state index contributed by atoms with van der Waals surface area (Å²) in [5.41, 5.74) is 1.55. The van der Waals surface area contributed by atoms with Crippen LogP contribution < -0.4 is 0 Å². The van der Waals surface area contributed by atoms with Gasteiger partial charge >= 0.3 is 11.9 Å². The van der Waals surface area contributed by atoms with Crippen molar-refractivity contribution in [2.24, 2.45) is 5.92 Å². The Labute approximate surface area is 157 Å². The Morgan fingerprint density at radius 1 is 1.07 bits per heavy atom. The number of hydrogen-bond donors (Lipinski definition) is 0. The molecule has 2 aliphatic heterocycles. The first kappa shape index (κ1) is 17.7. The summed E-state index contributed by atoms with van der Waals surface area (Å²) in [7, 11) is 0. The highest BCUT2D eigenvalue weighted by Gasteiger charge is 2.50. The molecule has 6 heteroatoms. The lowest BCUT2D eigenvalue weighted by atomic mass is 9.98. The molecule has 3 atom stereocenters. The van der Waals surface area contributed by atoms with E-state index in [1.54, 1.807) is 29.3 Å². The Bertz CT molecular complexity index is 795. The highest BCUT2D eigenvalue weighted by atomic mass is 16.7. The normalized spacial score (nSPS) is 24.4. The van der Waals surface area contributed by atoms with Gasteiger partial charge in [-0.1, -0.05) is 48.5 Å². The van der Waals surface area contributed by atoms with Crippen LogP contribution in [0.15, 0.2) is 60.7 Å². The molecule has 0 aliphatic carbocycles. The molecule has 27 heavy (non-hydrogen) atoms. The first-order valence-corrected chi connectivity index (χ1v) is 9.06. The topological polar surface area (TPSA) is 65.1 Å². The third-order valence-corrected chi connectivity index (χ3v) is 5.02. The number of hydrogen-bond acceptors (Lipinski definition) is 6. The third kappa shape index (κ3) is 4.02. The van der Waals surface area contributed by atoms with Gasteiger partial charge in [-0.05, 0) is 17.7 Å². The fraction of sp³-hybridized carbons (Fsp3) is 0.333. The van der Waals surface area contributed by atoms with E-state index in [1.165, 1.54) is 0 Å². The van der Waals surface area contributed by atoms with Crippen molar-refractivity contribution in [3.05, 3.63) is 71.8 Å². The molecule has 0 bridgehead atoms. The number of fused-ring (bicyclic) bond motifs is 1. The zero-order valence-corrected chi connectivity index (χ0v) is 14.8. The van der Waals surface area contributed by atoms with Gasteiger partial charge in [0.2, 0.25) is 0 Å². The van der Waals surface area contributed by atoms with Gasteiger partial charge in [0.1, 0.15) is 12.7 Å². The van der Waals surface area contributed by atoms with Gasteiger partial charge < -0.3 is 9.47 Å². The summed E-state index contributed by atoms with van der Waals surface area (Å²) >= 11 is 0. The minimum Gasteiger partial charge on any atom is -0.461 e. The third-order valence-electron chi connectivity index (χ3n) is 5.02. The predicted molar refractivity (Wildman–Crippen MR) is 96.4 cm³/mol. The summed E-state index contributed by atoms with van der Waals surface area (Å²) in [6, 6.07) is 18.5. The molecule has 2 heterocycles. The van der Waals surface area contributed by atoms with Crippen molar-refractivity contribution in [1.29, 1.82) is 0 Å². The second-order valence-corrected chi connectivity index (χ2v) is 6.79. The van der Waals surface area contributed by atoms with Crippen molar-refractivity contribution in [3.8, 4) is 0 Å². The summed E-state index contributed by atoms with van der Waals surface area (Å²) in [6.45, 7) is 1.05. The molecule has 0 spiro atoms. The van der Waals surface area contributed by atoms with E-state index in [-0.39, 0.29) is 36.6 Å². The standard InChI is InChI=1S/C21H21NO5/c23-20-11-17-18(14-25-21(24)16-9-5-2-6-10-16)22(12-19(17)27-20)26-13-15-7-3-1-4-8-15/h1-10,17-19H,11-14H2. The molecule has 0 radical (unpaired) electrons. The summed E-state index contributed by atoms with van der Waals surface area (Å²) in [6.07, 6.45) is 0.109. The summed E-state index contributed by atoms with van der Waals surface area (Å²) in [5, 5.41) is 1.80. The number of nitrogens with zero attached hydrogens (tertiary/aromatic N) is 1. The van der Waals surface area contributed by atoms with Crippen LogP contribution in [0, 0.1) is 5.92 Å². The SMILES string of the molecule is O=C1CC2C(CN(OCc3ccccc3)C2COC(=O)c2ccccc2)O1. The van der Waals surface area contributed by atoms with E-state index in [0.29, 0.717) is 25.1 Å². The van der Waals surface area contributed by atoms with Crippen molar-refractivity contribution in [2.45, 2.75) is 25.2 Å². The predicted octanol–water partition coefficient (Wildman–Crippen LogP) is 2.59. The van der Waals surface area contributed by atoms with E-state index >= 15 is 0 Å². The molecule has 3 unspecified atom stereocenters. The first-order chi connectivity index (χ1) is 13.2. The van der Waals surface area contributed by atoms with E-state index in [4.69, 9.17) is 14.3 Å². The van der Waals surface area contributed by atoms with Crippen molar-refractivity contribution >= 4 is 11.9 Å². The number of ether oxygens (including phenoxy) is 2. The fourth-order valence-corrected chi connectivity index (χ4v) is 3.62. The zero-order valence-electron chi connectivity index (χ0n) is 14.8. The number of rotatable bonds is 6. The van der Waals surface area contributed by atoms with E-state index in [1.807, 2.05) is 36.4 Å². The highest BCUT2D eigenvalue weighted by Crippen LogP contribution is 2.36. The summed E-state index contributed by atoms with van der Waals surface area (Å²) in [4.78, 5) is 29.9. The van der Waals surface area contributed by atoms with Crippen LogP contribution in [0.1, 0.15) is 22.3 Å². The van der Waals surface area contributed by atoms with Gasteiger partial charge in [0.05, 0.1) is 31.2 Å². The van der Waals surface area contributed by atoms with Gasteiger partial charge in [0.15, 0.2) is 0 Å². The minimum atomic E-state index is -0.382. The Morgan fingerprint density at radius 2 is 1.78 bits per heavy atom. The largest absolute Gasteiger partial charge is 0.461 e. The van der Waals surface area contributed by atoms with Crippen molar-refractivity contribution in [1.82, 2.24) is 5.06 Å². The molecule has 0 saturated carbocycles. The Kier molecular flexibility index (Phi) is 5.18. The van der Waals surface area contributed by atoms with Crippen LogP contribution in [-0.2, 0) is 25.7 Å².